The second-order valence-electron chi connectivity index (χ2n) is 3.95. The molecule has 6 heteroatoms. The molecule has 0 saturated carbocycles. The summed E-state index contributed by atoms with van der Waals surface area (Å²) >= 11 is 1.71. The molecule has 1 aliphatic rings. The zero-order valence-corrected chi connectivity index (χ0v) is 10.5. The third-order valence-corrected chi connectivity index (χ3v) is 3.81. The summed E-state index contributed by atoms with van der Waals surface area (Å²) in [7, 11) is 0. The van der Waals surface area contributed by atoms with Crippen molar-refractivity contribution in [1.29, 1.82) is 0 Å². The average molecular weight is 266 g/mol. The van der Waals surface area contributed by atoms with E-state index in [9.17, 15) is 9.59 Å². The molecule has 0 saturated heterocycles. The Morgan fingerprint density at radius 2 is 2.17 bits per heavy atom. The molecule has 0 fully saturated rings. The number of rotatable bonds is 4. The standard InChI is InChI=1S/C12H14N2O3S/c15-11(16)5-6-13-12(17)14-9-7-18-10-4-2-1-3-8(9)10/h1-4,9H,5-7H2,(H,15,16)(H2,13,14,17). The number of urea groups is 1. The minimum atomic E-state index is -0.919. The SMILES string of the molecule is O=C(O)CCNC(=O)NC1CSc2ccccc21. The van der Waals surface area contributed by atoms with Crippen LogP contribution in [0.5, 0.6) is 0 Å². The molecule has 2 rings (SSSR count). The first kappa shape index (κ1) is 12.8. The molecule has 0 aromatic heterocycles. The van der Waals surface area contributed by atoms with Crippen LogP contribution in [0.2, 0.25) is 0 Å². The van der Waals surface area contributed by atoms with Crippen LogP contribution in [0.25, 0.3) is 0 Å². The molecule has 5 nitrogen and oxygen atoms in total. The molecule has 96 valence electrons. The summed E-state index contributed by atoms with van der Waals surface area (Å²) < 4.78 is 0. The van der Waals surface area contributed by atoms with Gasteiger partial charge in [0.2, 0.25) is 0 Å². The summed E-state index contributed by atoms with van der Waals surface area (Å²) in [5.74, 6) is -0.108. The van der Waals surface area contributed by atoms with Crippen molar-refractivity contribution in [3.05, 3.63) is 29.8 Å². The molecule has 1 aliphatic heterocycles. The van der Waals surface area contributed by atoms with Crippen molar-refractivity contribution in [2.75, 3.05) is 12.3 Å². The smallest absolute Gasteiger partial charge is 0.315 e. The van der Waals surface area contributed by atoms with Crippen LogP contribution >= 0.6 is 11.8 Å². The Balaban J connectivity index is 1.84. The van der Waals surface area contributed by atoms with Crippen LogP contribution in [0, 0.1) is 0 Å². The van der Waals surface area contributed by atoms with Gasteiger partial charge in [-0.25, -0.2) is 4.79 Å². The fourth-order valence-corrected chi connectivity index (χ4v) is 2.94. The summed E-state index contributed by atoms with van der Waals surface area (Å²) in [6.45, 7) is 0.142. The molecule has 1 heterocycles. The molecule has 18 heavy (non-hydrogen) atoms. The van der Waals surface area contributed by atoms with E-state index in [1.165, 1.54) is 4.90 Å². The lowest BCUT2D eigenvalue weighted by molar-refractivity contribution is -0.136. The summed E-state index contributed by atoms with van der Waals surface area (Å²) in [6.07, 6.45) is -0.0660. The van der Waals surface area contributed by atoms with Crippen LogP contribution in [0.15, 0.2) is 29.2 Å². The number of amides is 2. The lowest BCUT2D eigenvalue weighted by Crippen LogP contribution is -2.38. The Hall–Kier alpha value is -1.69. The van der Waals surface area contributed by atoms with Gasteiger partial charge in [0.25, 0.3) is 0 Å². The maximum absolute atomic E-state index is 11.6. The molecule has 0 bridgehead atoms. The number of carboxylic acid groups (broad SMARTS) is 1. The predicted octanol–water partition coefficient (Wildman–Crippen LogP) is 1.61. The van der Waals surface area contributed by atoms with Crippen molar-refractivity contribution in [2.24, 2.45) is 0 Å². The van der Waals surface area contributed by atoms with Gasteiger partial charge in [-0.05, 0) is 11.6 Å². The van der Waals surface area contributed by atoms with Crippen LogP contribution in [-0.2, 0) is 4.79 Å². The summed E-state index contributed by atoms with van der Waals surface area (Å²) in [5, 5.41) is 13.8. The molecular formula is C12H14N2O3S. The maximum Gasteiger partial charge on any atom is 0.315 e. The second kappa shape index (κ2) is 5.77. The van der Waals surface area contributed by atoms with E-state index in [-0.39, 0.29) is 25.0 Å². The summed E-state index contributed by atoms with van der Waals surface area (Å²) in [6, 6.07) is 7.62. The van der Waals surface area contributed by atoms with E-state index in [0.717, 1.165) is 11.3 Å². The number of hydrogen-bond donors (Lipinski definition) is 3. The maximum atomic E-state index is 11.6. The van der Waals surface area contributed by atoms with Gasteiger partial charge in [0.15, 0.2) is 0 Å². The molecule has 0 aliphatic carbocycles. The number of nitrogens with one attached hydrogen (secondary N) is 2. The van der Waals surface area contributed by atoms with E-state index in [0.29, 0.717) is 0 Å². The molecule has 1 aromatic carbocycles. The lowest BCUT2D eigenvalue weighted by Gasteiger charge is -2.13. The summed E-state index contributed by atoms with van der Waals surface area (Å²) in [5.41, 5.74) is 1.12. The Morgan fingerprint density at radius 3 is 2.94 bits per heavy atom. The number of fused-ring (bicyclic) bond motifs is 1. The fourth-order valence-electron chi connectivity index (χ4n) is 1.77. The van der Waals surface area contributed by atoms with Gasteiger partial charge in [-0.3, -0.25) is 4.79 Å². The monoisotopic (exact) mass is 266 g/mol. The third kappa shape index (κ3) is 3.16. The predicted molar refractivity (Wildman–Crippen MR) is 68.7 cm³/mol. The number of aliphatic carboxylic acids is 1. The van der Waals surface area contributed by atoms with E-state index < -0.39 is 5.97 Å². The largest absolute Gasteiger partial charge is 0.481 e. The Labute approximate surface area is 109 Å². The number of benzene rings is 1. The first-order chi connectivity index (χ1) is 8.66. The zero-order valence-electron chi connectivity index (χ0n) is 9.68. The van der Waals surface area contributed by atoms with Crippen LogP contribution in [0.3, 0.4) is 0 Å². The molecule has 0 spiro atoms. The van der Waals surface area contributed by atoms with Gasteiger partial charge < -0.3 is 15.7 Å². The molecule has 1 aromatic rings. The van der Waals surface area contributed by atoms with E-state index in [2.05, 4.69) is 10.6 Å². The highest BCUT2D eigenvalue weighted by atomic mass is 32.2. The average Bonchev–Trinajstić information content (AvgIpc) is 2.72. The molecule has 2 amide bonds. The van der Waals surface area contributed by atoms with Gasteiger partial charge in [-0.1, -0.05) is 18.2 Å². The van der Waals surface area contributed by atoms with Crippen molar-refractivity contribution < 1.29 is 14.7 Å². The Morgan fingerprint density at radius 1 is 1.39 bits per heavy atom. The number of carbonyl (C=O) groups is 2. The molecule has 1 unspecified atom stereocenters. The van der Waals surface area contributed by atoms with Gasteiger partial charge >= 0.3 is 12.0 Å². The molecular weight excluding hydrogens is 252 g/mol. The highest BCUT2D eigenvalue weighted by Gasteiger charge is 2.23. The van der Waals surface area contributed by atoms with Crippen molar-refractivity contribution in [3.63, 3.8) is 0 Å². The summed E-state index contributed by atoms with van der Waals surface area (Å²) in [4.78, 5) is 23.1. The minimum absolute atomic E-state index is 0.00368. The Kier molecular flexibility index (Phi) is 4.09. The second-order valence-corrected chi connectivity index (χ2v) is 5.01. The van der Waals surface area contributed by atoms with Gasteiger partial charge in [0.05, 0.1) is 12.5 Å². The number of hydrogen-bond acceptors (Lipinski definition) is 3. The van der Waals surface area contributed by atoms with Gasteiger partial charge in [-0.2, -0.15) is 0 Å². The van der Waals surface area contributed by atoms with Crippen LogP contribution in [-0.4, -0.2) is 29.4 Å². The first-order valence-corrected chi connectivity index (χ1v) is 6.63. The lowest BCUT2D eigenvalue weighted by atomic mass is 10.1. The molecule has 1 atom stereocenters. The number of carboxylic acids is 1. The van der Waals surface area contributed by atoms with Gasteiger partial charge in [0.1, 0.15) is 0 Å². The van der Waals surface area contributed by atoms with Gasteiger partial charge in [-0.15, -0.1) is 11.8 Å². The quantitative estimate of drug-likeness (QED) is 0.773. The zero-order chi connectivity index (χ0) is 13.0. The number of carbonyl (C=O) groups excluding carboxylic acids is 1. The van der Waals surface area contributed by atoms with Crippen molar-refractivity contribution in [1.82, 2.24) is 10.6 Å². The highest BCUT2D eigenvalue weighted by molar-refractivity contribution is 7.99. The molecule has 3 N–H and O–H groups in total. The van der Waals surface area contributed by atoms with Crippen LogP contribution in [0.4, 0.5) is 4.79 Å². The van der Waals surface area contributed by atoms with E-state index in [1.807, 2.05) is 24.3 Å². The minimum Gasteiger partial charge on any atom is -0.481 e. The molecule has 0 radical (unpaired) electrons. The van der Waals surface area contributed by atoms with Crippen molar-refractivity contribution in [2.45, 2.75) is 17.4 Å². The van der Waals surface area contributed by atoms with Crippen LogP contribution < -0.4 is 10.6 Å². The highest BCUT2D eigenvalue weighted by Crippen LogP contribution is 2.37. The first-order valence-electron chi connectivity index (χ1n) is 5.64. The normalized spacial score (nSPS) is 17.0. The van der Waals surface area contributed by atoms with E-state index in [1.54, 1.807) is 11.8 Å². The van der Waals surface area contributed by atoms with E-state index in [4.69, 9.17) is 5.11 Å². The van der Waals surface area contributed by atoms with Crippen molar-refractivity contribution in [3.8, 4) is 0 Å². The fraction of sp³-hybridized carbons (Fsp3) is 0.333. The van der Waals surface area contributed by atoms with Gasteiger partial charge in [0, 0.05) is 17.2 Å². The van der Waals surface area contributed by atoms with Crippen LogP contribution in [0.1, 0.15) is 18.0 Å². The Bertz CT molecular complexity index is 464. The topological polar surface area (TPSA) is 78.4 Å². The number of thioether (sulfide) groups is 1. The van der Waals surface area contributed by atoms with E-state index >= 15 is 0 Å². The third-order valence-electron chi connectivity index (χ3n) is 2.63. The van der Waals surface area contributed by atoms with Crippen molar-refractivity contribution >= 4 is 23.8 Å².